The third kappa shape index (κ3) is 1.57. The van der Waals surface area contributed by atoms with Gasteiger partial charge in [0.15, 0.2) is 11.5 Å². The van der Waals surface area contributed by atoms with Crippen LogP contribution in [0.3, 0.4) is 0 Å². The zero-order valence-electron chi connectivity index (χ0n) is 11.3. The summed E-state index contributed by atoms with van der Waals surface area (Å²) in [6.45, 7) is 1.18. The van der Waals surface area contributed by atoms with Crippen molar-refractivity contribution in [1.82, 2.24) is 24.8 Å². The summed E-state index contributed by atoms with van der Waals surface area (Å²) in [5.74, 6) is 1.72. The van der Waals surface area contributed by atoms with Gasteiger partial charge in [-0.3, -0.25) is 0 Å². The van der Waals surface area contributed by atoms with Gasteiger partial charge in [-0.25, -0.2) is 15.0 Å². The van der Waals surface area contributed by atoms with Crippen molar-refractivity contribution in [2.75, 3.05) is 11.9 Å². The number of hydrogen-bond donors (Lipinski definition) is 2. The monoisotopic (exact) mass is 270 g/mol. The molecule has 104 valence electrons. The molecule has 3 atom stereocenters. The van der Waals surface area contributed by atoms with E-state index >= 15 is 0 Å². The topological polar surface area (TPSA) is 67.7 Å². The number of nitrogens with one attached hydrogen (secondary N) is 2. The number of aromatic nitrogens is 4. The van der Waals surface area contributed by atoms with Crippen LogP contribution in [-0.2, 0) is 0 Å². The average molecular weight is 270 g/mol. The fourth-order valence-corrected chi connectivity index (χ4v) is 3.75. The second-order valence-electron chi connectivity index (χ2n) is 6.38. The summed E-state index contributed by atoms with van der Waals surface area (Å²) in [5.41, 5.74) is 1.89. The summed E-state index contributed by atoms with van der Waals surface area (Å²) >= 11 is 0. The Hall–Kier alpha value is -1.69. The van der Waals surface area contributed by atoms with Gasteiger partial charge in [0.2, 0.25) is 0 Å². The van der Waals surface area contributed by atoms with E-state index < -0.39 is 0 Å². The van der Waals surface area contributed by atoms with E-state index in [1.54, 1.807) is 6.33 Å². The molecule has 0 spiro atoms. The molecule has 6 nitrogen and oxygen atoms in total. The molecule has 3 fully saturated rings. The van der Waals surface area contributed by atoms with Crippen LogP contribution in [0, 0.1) is 5.92 Å². The van der Waals surface area contributed by atoms with E-state index in [2.05, 4.69) is 30.2 Å². The molecule has 1 aliphatic heterocycles. The van der Waals surface area contributed by atoms with Gasteiger partial charge in [0.25, 0.3) is 0 Å². The van der Waals surface area contributed by atoms with Crippen molar-refractivity contribution in [3.8, 4) is 0 Å². The molecule has 2 aromatic rings. The standard InChI is InChI=1S/C14H18N6/c1-2-9(1)19-13-12-14(17-6-16-13)20(7-18-12)11-4-8-3-10(11)15-5-8/h6-11,15H,1-5H2,(H,16,17,19)/t8-,10+,11+/m1/s1. The SMILES string of the molecule is c1nc(NC2CC2)c2ncn([C@H]3C[C@@H]4CN[C@H]3C4)c2n1. The molecule has 3 aliphatic rings. The molecule has 2 aromatic heterocycles. The number of rotatable bonds is 3. The van der Waals surface area contributed by atoms with Gasteiger partial charge in [0.05, 0.1) is 12.4 Å². The molecule has 2 aliphatic carbocycles. The van der Waals surface area contributed by atoms with Gasteiger partial charge in [-0.15, -0.1) is 0 Å². The van der Waals surface area contributed by atoms with Gasteiger partial charge in [0.1, 0.15) is 11.8 Å². The zero-order valence-corrected chi connectivity index (χ0v) is 11.3. The van der Waals surface area contributed by atoms with Crippen molar-refractivity contribution in [3.63, 3.8) is 0 Å². The number of fused-ring (bicyclic) bond motifs is 3. The Labute approximate surface area is 117 Å². The van der Waals surface area contributed by atoms with E-state index in [0.717, 1.165) is 22.9 Å². The summed E-state index contributed by atoms with van der Waals surface area (Å²) in [4.78, 5) is 13.4. The van der Waals surface area contributed by atoms with Crippen LogP contribution >= 0.6 is 0 Å². The number of piperidine rings is 1. The van der Waals surface area contributed by atoms with Gasteiger partial charge >= 0.3 is 0 Å². The smallest absolute Gasteiger partial charge is 0.165 e. The van der Waals surface area contributed by atoms with Crippen molar-refractivity contribution in [2.24, 2.45) is 5.92 Å². The quantitative estimate of drug-likeness (QED) is 0.880. The van der Waals surface area contributed by atoms with Crippen LogP contribution in [0.2, 0.25) is 0 Å². The first kappa shape index (κ1) is 11.0. The Kier molecular flexibility index (Phi) is 2.16. The lowest BCUT2D eigenvalue weighted by Crippen LogP contribution is -2.34. The second-order valence-corrected chi connectivity index (χ2v) is 6.38. The Morgan fingerprint density at radius 2 is 2.15 bits per heavy atom. The summed E-state index contributed by atoms with van der Waals surface area (Å²) in [6, 6.07) is 1.68. The van der Waals surface area contributed by atoms with E-state index in [0.29, 0.717) is 18.1 Å². The van der Waals surface area contributed by atoms with Crippen molar-refractivity contribution in [1.29, 1.82) is 0 Å². The minimum atomic E-state index is 0.502. The van der Waals surface area contributed by atoms with Crippen LogP contribution in [0.5, 0.6) is 0 Å². The molecule has 2 bridgehead atoms. The van der Waals surface area contributed by atoms with Gasteiger partial charge < -0.3 is 15.2 Å². The fourth-order valence-electron chi connectivity index (χ4n) is 3.75. The van der Waals surface area contributed by atoms with E-state index in [9.17, 15) is 0 Å². The highest BCUT2D eigenvalue weighted by Crippen LogP contribution is 2.40. The van der Waals surface area contributed by atoms with Gasteiger partial charge in [0, 0.05) is 12.1 Å². The van der Waals surface area contributed by atoms with Crippen molar-refractivity contribution < 1.29 is 0 Å². The molecule has 5 rings (SSSR count). The summed E-state index contributed by atoms with van der Waals surface area (Å²) in [6.07, 6.45) is 8.63. The molecule has 0 aromatic carbocycles. The molecule has 2 saturated carbocycles. The lowest BCUT2D eigenvalue weighted by atomic mass is 10.1. The molecule has 0 unspecified atom stereocenters. The number of hydrogen-bond acceptors (Lipinski definition) is 5. The minimum Gasteiger partial charge on any atom is -0.365 e. The van der Waals surface area contributed by atoms with Crippen LogP contribution in [-0.4, -0.2) is 38.1 Å². The van der Waals surface area contributed by atoms with Gasteiger partial charge in [-0.05, 0) is 38.1 Å². The molecular weight excluding hydrogens is 252 g/mol. The molecule has 6 heteroatoms. The van der Waals surface area contributed by atoms with Crippen LogP contribution in [0.25, 0.3) is 11.2 Å². The Balaban J connectivity index is 1.56. The third-order valence-electron chi connectivity index (χ3n) is 4.93. The van der Waals surface area contributed by atoms with E-state index in [1.807, 2.05) is 6.33 Å². The predicted octanol–water partition coefficient (Wildman–Crippen LogP) is 1.32. The molecule has 1 saturated heterocycles. The Bertz CT molecular complexity index is 661. The summed E-state index contributed by atoms with van der Waals surface area (Å²) < 4.78 is 2.26. The van der Waals surface area contributed by atoms with Crippen molar-refractivity contribution in [3.05, 3.63) is 12.7 Å². The van der Waals surface area contributed by atoms with Gasteiger partial charge in [-0.1, -0.05) is 0 Å². The average Bonchev–Trinajstić information content (AvgIpc) is 2.92. The zero-order chi connectivity index (χ0) is 13.1. The highest BCUT2D eigenvalue weighted by atomic mass is 15.2. The lowest BCUT2D eigenvalue weighted by molar-refractivity contribution is 0.365. The Morgan fingerprint density at radius 1 is 1.20 bits per heavy atom. The lowest BCUT2D eigenvalue weighted by Gasteiger charge is -2.24. The predicted molar refractivity (Wildman–Crippen MR) is 75.5 cm³/mol. The van der Waals surface area contributed by atoms with Crippen LogP contribution in [0.4, 0.5) is 5.82 Å². The molecule has 20 heavy (non-hydrogen) atoms. The van der Waals surface area contributed by atoms with Crippen molar-refractivity contribution >= 4 is 17.0 Å². The maximum Gasteiger partial charge on any atom is 0.165 e. The minimum absolute atomic E-state index is 0.502. The highest BCUT2D eigenvalue weighted by Gasteiger charge is 2.41. The number of anilines is 1. The van der Waals surface area contributed by atoms with Gasteiger partial charge in [-0.2, -0.15) is 0 Å². The number of nitrogens with zero attached hydrogens (tertiary/aromatic N) is 4. The summed E-state index contributed by atoms with van der Waals surface area (Å²) in [7, 11) is 0. The molecule has 2 N–H and O–H groups in total. The van der Waals surface area contributed by atoms with E-state index in [1.165, 1.54) is 32.2 Å². The molecule has 0 amide bonds. The normalized spacial score (nSPS) is 32.1. The first-order valence-electron chi connectivity index (χ1n) is 7.56. The van der Waals surface area contributed by atoms with Crippen molar-refractivity contribution in [2.45, 2.75) is 43.8 Å². The van der Waals surface area contributed by atoms with E-state index in [-0.39, 0.29) is 0 Å². The molecule has 3 heterocycles. The number of imidazole rings is 1. The van der Waals surface area contributed by atoms with Crippen LogP contribution < -0.4 is 10.6 Å². The van der Waals surface area contributed by atoms with Crippen LogP contribution in [0.15, 0.2) is 12.7 Å². The highest BCUT2D eigenvalue weighted by molar-refractivity contribution is 5.83. The first-order chi connectivity index (χ1) is 9.88. The fraction of sp³-hybridized carbons (Fsp3) is 0.643. The maximum absolute atomic E-state index is 4.58. The largest absolute Gasteiger partial charge is 0.365 e. The van der Waals surface area contributed by atoms with E-state index in [4.69, 9.17) is 0 Å². The Morgan fingerprint density at radius 3 is 2.90 bits per heavy atom. The maximum atomic E-state index is 4.58. The first-order valence-corrected chi connectivity index (χ1v) is 7.56. The molecular formula is C14H18N6. The second kappa shape index (κ2) is 3.91. The van der Waals surface area contributed by atoms with Crippen LogP contribution in [0.1, 0.15) is 31.7 Å². The molecule has 0 radical (unpaired) electrons. The third-order valence-corrected chi connectivity index (χ3v) is 4.93. The summed E-state index contributed by atoms with van der Waals surface area (Å²) in [5, 5.41) is 7.06.